The van der Waals surface area contributed by atoms with Gasteiger partial charge < -0.3 is 20.4 Å². The van der Waals surface area contributed by atoms with E-state index in [1.54, 1.807) is 7.05 Å². The zero-order valence-corrected chi connectivity index (χ0v) is 22.0. The van der Waals surface area contributed by atoms with E-state index in [1.165, 1.54) is 35.2 Å². The van der Waals surface area contributed by atoms with E-state index in [0.29, 0.717) is 19.5 Å². The summed E-state index contributed by atoms with van der Waals surface area (Å²) in [5.41, 5.74) is 4.95. The number of rotatable bonds is 7. The minimum atomic E-state index is 0. The van der Waals surface area contributed by atoms with Crippen LogP contribution in [-0.4, -0.2) is 43.4 Å². The van der Waals surface area contributed by atoms with Crippen molar-refractivity contribution in [3.05, 3.63) is 65.2 Å². The summed E-state index contributed by atoms with van der Waals surface area (Å²) in [6, 6.07) is 17.3. The molecule has 0 spiro atoms. The first kappa shape index (κ1) is 25.3. The maximum absolute atomic E-state index is 12.0. The molecule has 2 N–H and O–H groups in total. The minimum absolute atomic E-state index is 0. The van der Waals surface area contributed by atoms with Crippen molar-refractivity contribution in [3.8, 4) is 0 Å². The van der Waals surface area contributed by atoms with Gasteiger partial charge in [0, 0.05) is 51.9 Å². The van der Waals surface area contributed by atoms with Crippen molar-refractivity contribution < 1.29 is 4.79 Å². The molecule has 2 fully saturated rings. The van der Waals surface area contributed by atoms with Gasteiger partial charge in [0.1, 0.15) is 0 Å². The topological polar surface area (TPSA) is 60.0 Å². The van der Waals surface area contributed by atoms with Crippen molar-refractivity contribution in [1.29, 1.82) is 0 Å². The lowest BCUT2D eigenvalue weighted by molar-refractivity contribution is -0.128. The lowest BCUT2D eigenvalue weighted by Crippen LogP contribution is -2.38. The molecule has 1 unspecified atom stereocenters. The van der Waals surface area contributed by atoms with Crippen molar-refractivity contribution in [2.24, 2.45) is 4.99 Å². The van der Waals surface area contributed by atoms with Crippen LogP contribution in [0.25, 0.3) is 0 Å². The SMILES string of the molecule is CN=C(NCc1ccccc1CN1CCCC1=O)NC(C)c1cccc(N2CCCC2)c1.I. The van der Waals surface area contributed by atoms with Gasteiger partial charge in [-0.3, -0.25) is 9.79 Å². The fraction of sp³-hybridized carbons (Fsp3) is 0.462. The summed E-state index contributed by atoms with van der Waals surface area (Å²) in [6.07, 6.45) is 4.20. The van der Waals surface area contributed by atoms with Gasteiger partial charge in [-0.25, -0.2) is 0 Å². The van der Waals surface area contributed by atoms with Crippen molar-refractivity contribution >= 4 is 41.5 Å². The molecule has 0 saturated carbocycles. The number of nitrogens with zero attached hydrogens (tertiary/aromatic N) is 3. The average Bonchev–Trinajstić information content (AvgIpc) is 3.50. The highest BCUT2D eigenvalue weighted by Crippen LogP contribution is 2.24. The Kier molecular flexibility index (Phi) is 9.41. The Balaban J connectivity index is 0.00000306. The highest BCUT2D eigenvalue weighted by atomic mass is 127. The number of hydrogen-bond donors (Lipinski definition) is 2. The second-order valence-corrected chi connectivity index (χ2v) is 8.77. The van der Waals surface area contributed by atoms with Crippen LogP contribution >= 0.6 is 24.0 Å². The van der Waals surface area contributed by atoms with Crippen LogP contribution in [0.1, 0.15) is 55.3 Å². The molecule has 2 heterocycles. The van der Waals surface area contributed by atoms with Gasteiger partial charge in [0.25, 0.3) is 0 Å². The summed E-state index contributed by atoms with van der Waals surface area (Å²) in [5, 5.41) is 6.98. The molecule has 0 aliphatic carbocycles. The highest BCUT2D eigenvalue weighted by Gasteiger charge is 2.21. The number of benzene rings is 2. The Morgan fingerprint density at radius 2 is 1.79 bits per heavy atom. The first-order valence-electron chi connectivity index (χ1n) is 11.8. The lowest BCUT2D eigenvalue weighted by atomic mass is 10.1. The Hall–Kier alpha value is -2.29. The molecule has 2 saturated heterocycles. The average molecular weight is 562 g/mol. The number of carbonyl (C=O) groups excluding carboxylic acids is 1. The maximum Gasteiger partial charge on any atom is 0.222 e. The molecule has 0 radical (unpaired) electrons. The zero-order chi connectivity index (χ0) is 22.3. The smallest absolute Gasteiger partial charge is 0.222 e. The van der Waals surface area contributed by atoms with E-state index in [2.05, 4.69) is 69.9 Å². The molecule has 4 rings (SSSR count). The van der Waals surface area contributed by atoms with Crippen molar-refractivity contribution in [3.63, 3.8) is 0 Å². The predicted octanol–water partition coefficient (Wildman–Crippen LogP) is 4.45. The molecule has 1 atom stereocenters. The van der Waals surface area contributed by atoms with Gasteiger partial charge in [0.15, 0.2) is 5.96 Å². The van der Waals surface area contributed by atoms with Crippen LogP contribution in [-0.2, 0) is 17.9 Å². The van der Waals surface area contributed by atoms with Gasteiger partial charge in [-0.1, -0.05) is 36.4 Å². The Labute approximate surface area is 214 Å². The maximum atomic E-state index is 12.0. The van der Waals surface area contributed by atoms with E-state index >= 15 is 0 Å². The summed E-state index contributed by atoms with van der Waals surface area (Å²) >= 11 is 0. The van der Waals surface area contributed by atoms with Crippen molar-refractivity contribution in [1.82, 2.24) is 15.5 Å². The molecular formula is C26H36IN5O. The van der Waals surface area contributed by atoms with E-state index in [9.17, 15) is 4.79 Å². The number of anilines is 1. The Bertz CT molecular complexity index is 957. The van der Waals surface area contributed by atoms with E-state index in [0.717, 1.165) is 32.0 Å². The number of nitrogens with one attached hydrogen (secondary N) is 2. The molecule has 2 aromatic rings. The van der Waals surface area contributed by atoms with Crippen molar-refractivity contribution in [2.75, 3.05) is 31.6 Å². The van der Waals surface area contributed by atoms with Crippen molar-refractivity contribution in [2.45, 2.75) is 51.7 Å². The molecule has 1 amide bonds. The Morgan fingerprint density at radius 1 is 1.03 bits per heavy atom. The lowest BCUT2D eigenvalue weighted by Gasteiger charge is -2.22. The number of hydrogen-bond acceptors (Lipinski definition) is 3. The predicted molar refractivity (Wildman–Crippen MR) is 146 cm³/mol. The monoisotopic (exact) mass is 561 g/mol. The quantitative estimate of drug-likeness (QED) is 0.298. The van der Waals surface area contributed by atoms with Crippen LogP contribution in [0.2, 0.25) is 0 Å². The molecule has 2 aliphatic rings. The molecule has 2 aromatic carbocycles. The molecule has 0 bridgehead atoms. The van der Waals surface area contributed by atoms with Crippen LogP contribution < -0.4 is 15.5 Å². The van der Waals surface area contributed by atoms with E-state index in [1.807, 2.05) is 11.0 Å². The van der Waals surface area contributed by atoms with E-state index < -0.39 is 0 Å². The number of aliphatic imine (C=N–C) groups is 1. The van der Waals surface area contributed by atoms with Gasteiger partial charge in [-0.2, -0.15) is 0 Å². The third-order valence-electron chi connectivity index (χ3n) is 6.52. The highest BCUT2D eigenvalue weighted by molar-refractivity contribution is 14.0. The summed E-state index contributed by atoms with van der Waals surface area (Å²) in [5.74, 6) is 1.03. The van der Waals surface area contributed by atoms with Gasteiger partial charge in [-0.05, 0) is 55.0 Å². The molecule has 6 nitrogen and oxygen atoms in total. The summed E-state index contributed by atoms with van der Waals surface area (Å²) in [4.78, 5) is 20.9. The molecule has 178 valence electrons. The normalized spacial score (nSPS) is 17.2. The largest absolute Gasteiger partial charge is 0.372 e. The second-order valence-electron chi connectivity index (χ2n) is 8.77. The van der Waals surface area contributed by atoms with Gasteiger partial charge in [-0.15, -0.1) is 24.0 Å². The third kappa shape index (κ3) is 6.62. The van der Waals surface area contributed by atoms with Crippen LogP contribution in [0.5, 0.6) is 0 Å². The number of halogens is 1. The van der Waals surface area contributed by atoms with E-state index in [-0.39, 0.29) is 35.9 Å². The molecule has 0 aromatic heterocycles. The summed E-state index contributed by atoms with van der Waals surface area (Å²) < 4.78 is 0. The number of amides is 1. The summed E-state index contributed by atoms with van der Waals surface area (Å²) in [7, 11) is 1.80. The Morgan fingerprint density at radius 3 is 2.48 bits per heavy atom. The molecular weight excluding hydrogens is 525 g/mol. The molecule has 2 aliphatic heterocycles. The van der Waals surface area contributed by atoms with Gasteiger partial charge >= 0.3 is 0 Å². The fourth-order valence-electron chi connectivity index (χ4n) is 4.59. The minimum Gasteiger partial charge on any atom is -0.372 e. The first-order valence-corrected chi connectivity index (χ1v) is 11.8. The second kappa shape index (κ2) is 12.3. The standard InChI is InChI=1S/C26H35N5O.HI/c1-20(21-11-7-12-24(17-21)30-14-5-6-15-30)29-26(27-2)28-18-22-9-3-4-10-23(22)19-31-16-8-13-25(31)32;/h3-4,7,9-12,17,20H,5-6,8,13-16,18-19H2,1-2H3,(H2,27,28,29);1H. The number of guanidine groups is 1. The van der Waals surface area contributed by atoms with Crippen LogP contribution in [0.15, 0.2) is 53.5 Å². The first-order chi connectivity index (χ1) is 15.6. The van der Waals surface area contributed by atoms with E-state index in [4.69, 9.17) is 0 Å². The fourth-order valence-corrected chi connectivity index (χ4v) is 4.59. The number of carbonyl (C=O) groups is 1. The van der Waals surface area contributed by atoms with Crippen LogP contribution in [0.3, 0.4) is 0 Å². The molecule has 7 heteroatoms. The van der Waals surface area contributed by atoms with Gasteiger partial charge in [0.05, 0.1) is 6.04 Å². The third-order valence-corrected chi connectivity index (χ3v) is 6.52. The van der Waals surface area contributed by atoms with Crippen LogP contribution in [0, 0.1) is 0 Å². The summed E-state index contributed by atoms with van der Waals surface area (Å²) in [6.45, 7) is 6.68. The zero-order valence-electron chi connectivity index (χ0n) is 19.7. The molecule has 33 heavy (non-hydrogen) atoms. The number of likely N-dealkylation sites (tertiary alicyclic amines) is 1. The van der Waals surface area contributed by atoms with Gasteiger partial charge in [0.2, 0.25) is 5.91 Å². The van der Waals surface area contributed by atoms with Crippen LogP contribution in [0.4, 0.5) is 5.69 Å².